The van der Waals surface area contributed by atoms with Crippen molar-refractivity contribution < 1.29 is 22.7 Å². The SMILES string of the molecule is C[C@@H](Cc1ccc2c(c1)CCO2)NS(=O)(=O)c1ccc(N2C(=O)CCC2=O)cc1. The minimum atomic E-state index is -3.72. The van der Waals surface area contributed by atoms with Crippen LogP contribution in [0.2, 0.25) is 0 Å². The van der Waals surface area contributed by atoms with E-state index < -0.39 is 10.0 Å². The maximum absolute atomic E-state index is 12.7. The fraction of sp³-hybridized carbons (Fsp3) is 0.333. The first-order valence-electron chi connectivity index (χ1n) is 9.56. The number of hydrogen-bond donors (Lipinski definition) is 1. The van der Waals surface area contributed by atoms with Crippen LogP contribution in [-0.2, 0) is 32.5 Å². The lowest BCUT2D eigenvalue weighted by Gasteiger charge is -2.16. The Balaban J connectivity index is 1.44. The molecule has 0 bridgehead atoms. The summed E-state index contributed by atoms with van der Waals surface area (Å²) in [6.07, 6.45) is 1.80. The Bertz CT molecular complexity index is 1050. The van der Waals surface area contributed by atoms with Gasteiger partial charge in [-0.1, -0.05) is 12.1 Å². The number of imide groups is 1. The van der Waals surface area contributed by atoms with Crippen LogP contribution in [0.5, 0.6) is 5.75 Å². The number of carbonyl (C=O) groups excluding carboxylic acids is 2. The molecule has 0 aliphatic carbocycles. The van der Waals surface area contributed by atoms with Gasteiger partial charge < -0.3 is 4.74 Å². The average molecular weight is 414 g/mol. The lowest BCUT2D eigenvalue weighted by molar-refractivity contribution is -0.121. The number of nitrogens with one attached hydrogen (secondary N) is 1. The van der Waals surface area contributed by atoms with E-state index in [1.54, 1.807) is 0 Å². The lowest BCUT2D eigenvalue weighted by atomic mass is 10.0. The molecule has 1 saturated heterocycles. The van der Waals surface area contributed by atoms with Crippen LogP contribution in [0.25, 0.3) is 0 Å². The summed E-state index contributed by atoms with van der Waals surface area (Å²) in [6.45, 7) is 2.50. The zero-order valence-electron chi connectivity index (χ0n) is 16.1. The fourth-order valence-corrected chi connectivity index (χ4v) is 4.98. The summed E-state index contributed by atoms with van der Waals surface area (Å²) >= 11 is 0. The molecule has 152 valence electrons. The minimum absolute atomic E-state index is 0.0922. The van der Waals surface area contributed by atoms with Gasteiger partial charge in [-0.3, -0.25) is 14.5 Å². The Labute approximate surface area is 169 Å². The molecule has 0 saturated carbocycles. The van der Waals surface area contributed by atoms with Crippen molar-refractivity contribution in [1.82, 2.24) is 4.72 Å². The lowest BCUT2D eigenvalue weighted by Crippen LogP contribution is -2.34. The van der Waals surface area contributed by atoms with Crippen molar-refractivity contribution in [3.8, 4) is 5.75 Å². The van der Waals surface area contributed by atoms with Gasteiger partial charge >= 0.3 is 0 Å². The Morgan fingerprint density at radius 3 is 2.41 bits per heavy atom. The molecule has 0 radical (unpaired) electrons. The summed E-state index contributed by atoms with van der Waals surface area (Å²) in [5.74, 6) is 0.367. The van der Waals surface area contributed by atoms with Gasteiger partial charge in [-0.25, -0.2) is 13.1 Å². The first-order valence-corrected chi connectivity index (χ1v) is 11.0. The third-order valence-corrected chi connectivity index (χ3v) is 6.71. The molecule has 1 N–H and O–H groups in total. The molecule has 7 nitrogen and oxygen atoms in total. The highest BCUT2D eigenvalue weighted by atomic mass is 32.2. The molecule has 2 aromatic rings. The highest BCUT2D eigenvalue weighted by molar-refractivity contribution is 7.89. The van der Waals surface area contributed by atoms with Crippen LogP contribution in [-0.4, -0.2) is 32.9 Å². The monoisotopic (exact) mass is 414 g/mol. The normalized spacial score (nSPS) is 17.3. The summed E-state index contributed by atoms with van der Waals surface area (Å²) in [6, 6.07) is 11.4. The van der Waals surface area contributed by atoms with E-state index in [0.717, 1.165) is 28.2 Å². The van der Waals surface area contributed by atoms with E-state index in [1.165, 1.54) is 24.3 Å². The zero-order valence-corrected chi connectivity index (χ0v) is 16.9. The summed E-state index contributed by atoms with van der Waals surface area (Å²) in [4.78, 5) is 24.8. The summed E-state index contributed by atoms with van der Waals surface area (Å²) in [5, 5.41) is 0. The molecule has 1 atom stereocenters. The molecule has 0 spiro atoms. The van der Waals surface area contributed by atoms with Crippen molar-refractivity contribution in [3.05, 3.63) is 53.6 Å². The summed E-state index contributed by atoms with van der Waals surface area (Å²) < 4.78 is 33.6. The Hall–Kier alpha value is -2.71. The van der Waals surface area contributed by atoms with Crippen molar-refractivity contribution in [1.29, 1.82) is 0 Å². The van der Waals surface area contributed by atoms with Gasteiger partial charge in [-0.15, -0.1) is 0 Å². The second-order valence-corrected chi connectivity index (χ2v) is 9.10. The van der Waals surface area contributed by atoms with Crippen LogP contribution in [0.3, 0.4) is 0 Å². The van der Waals surface area contributed by atoms with Crippen molar-refractivity contribution in [3.63, 3.8) is 0 Å². The van der Waals surface area contributed by atoms with Gasteiger partial charge in [0.1, 0.15) is 5.75 Å². The third-order valence-electron chi connectivity index (χ3n) is 5.11. The van der Waals surface area contributed by atoms with E-state index in [0.29, 0.717) is 18.7 Å². The van der Waals surface area contributed by atoms with E-state index in [4.69, 9.17) is 4.74 Å². The van der Waals surface area contributed by atoms with E-state index in [2.05, 4.69) is 10.8 Å². The molecule has 2 aliphatic heterocycles. The topological polar surface area (TPSA) is 92.8 Å². The highest BCUT2D eigenvalue weighted by Crippen LogP contribution is 2.27. The predicted octanol–water partition coefficient (Wildman–Crippen LogP) is 2.18. The predicted molar refractivity (Wildman–Crippen MR) is 107 cm³/mol. The summed E-state index contributed by atoms with van der Waals surface area (Å²) in [5.41, 5.74) is 2.59. The van der Waals surface area contributed by atoms with Crippen molar-refractivity contribution in [2.45, 2.75) is 43.5 Å². The number of rotatable bonds is 6. The van der Waals surface area contributed by atoms with Gasteiger partial charge in [0.25, 0.3) is 0 Å². The molecule has 2 aromatic carbocycles. The standard InChI is InChI=1S/C21H22N2O5S/c1-14(12-15-2-7-19-16(13-15)10-11-28-19)22-29(26,27)18-5-3-17(4-6-18)23-20(24)8-9-21(23)25/h2-7,13-14,22H,8-12H2,1H3/t14-/m0/s1. The number of anilines is 1. The molecule has 4 rings (SSSR count). The molecule has 0 unspecified atom stereocenters. The van der Waals surface area contributed by atoms with Crippen molar-refractivity contribution >= 4 is 27.5 Å². The van der Waals surface area contributed by atoms with Crippen LogP contribution >= 0.6 is 0 Å². The summed E-state index contributed by atoms with van der Waals surface area (Å²) in [7, 11) is -3.72. The second kappa shape index (κ2) is 7.61. The van der Waals surface area contributed by atoms with Crippen LogP contribution in [0.15, 0.2) is 47.4 Å². The Morgan fingerprint density at radius 1 is 1.03 bits per heavy atom. The van der Waals surface area contributed by atoms with Gasteiger partial charge in [0.05, 0.1) is 17.2 Å². The maximum Gasteiger partial charge on any atom is 0.240 e. The molecular weight excluding hydrogens is 392 g/mol. The average Bonchev–Trinajstić information content (AvgIpc) is 3.27. The zero-order chi connectivity index (χ0) is 20.6. The number of fused-ring (bicyclic) bond motifs is 1. The molecule has 2 amide bonds. The number of sulfonamides is 1. The van der Waals surface area contributed by atoms with Gasteiger partial charge in [0.15, 0.2) is 0 Å². The largest absolute Gasteiger partial charge is 0.493 e. The molecule has 0 aromatic heterocycles. The van der Waals surface area contributed by atoms with Gasteiger partial charge in [0.2, 0.25) is 21.8 Å². The fourth-order valence-electron chi connectivity index (χ4n) is 3.73. The number of amides is 2. The second-order valence-electron chi connectivity index (χ2n) is 7.38. The molecule has 29 heavy (non-hydrogen) atoms. The van der Waals surface area contributed by atoms with E-state index in [9.17, 15) is 18.0 Å². The van der Waals surface area contributed by atoms with Crippen LogP contribution in [0.4, 0.5) is 5.69 Å². The molecule has 2 heterocycles. The Kier molecular flexibility index (Phi) is 5.14. The minimum Gasteiger partial charge on any atom is -0.493 e. The first kappa shape index (κ1) is 19.6. The first-order chi connectivity index (χ1) is 13.8. The molecular formula is C21H22N2O5S. The Morgan fingerprint density at radius 2 is 1.72 bits per heavy atom. The number of ether oxygens (including phenoxy) is 1. The number of nitrogens with zero attached hydrogens (tertiary/aromatic N) is 1. The van der Waals surface area contributed by atoms with E-state index in [1.807, 2.05) is 19.1 Å². The smallest absolute Gasteiger partial charge is 0.240 e. The molecule has 2 aliphatic rings. The van der Waals surface area contributed by atoms with Crippen molar-refractivity contribution in [2.75, 3.05) is 11.5 Å². The van der Waals surface area contributed by atoms with E-state index >= 15 is 0 Å². The van der Waals surface area contributed by atoms with Crippen LogP contribution < -0.4 is 14.4 Å². The molecule has 1 fully saturated rings. The van der Waals surface area contributed by atoms with Crippen LogP contribution in [0.1, 0.15) is 30.9 Å². The number of hydrogen-bond acceptors (Lipinski definition) is 5. The number of benzene rings is 2. The van der Waals surface area contributed by atoms with E-state index in [-0.39, 0.29) is 35.6 Å². The molecule has 8 heteroatoms. The van der Waals surface area contributed by atoms with Gasteiger partial charge in [-0.2, -0.15) is 0 Å². The van der Waals surface area contributed by atoms with Crippen LogP contribution in [0, 0.1) is 0 Å². The van der Waals surface area contributed by atoms with Gasteiger partial charge in [0, 0.05) is 25.3 Å². The number of carbonyl (C=O) groups is 2. The van der Waals surface area contributed by atoms with Gasteiger partial charge in [-0.05, 0) is 54.8 Å². The maximum atomic E-state index is 12.7. The highest BCUT2D eigenvalue weighted by Gasteiger charge is 2.30. The quantitative estimate of drug-likeness (QED) is 0.732. The van der Waals surface area contributed by atoms with Crippen molar-refractivity contribution in [2.24, 2.45) is 0 Å². The third kappa shape index (κ3) is 4.04.